The fourth-order valence-electron chi connectivity index (χ4n) is 4.17. The van der Waals surface area contributed by atoms with Crippen LogP contribution in [0.1, 0.15) is 36.7 Å². The molecule has 1 aromatic heterocycles. The van der Waals surface area contributed by atoms with Crippen molar-refractivity contribution in [3.8, 4) is 0 Å². The summed E-state index contributed by atoms with van der Waals surface area (Å²) in [5.74, 6) is 0.825. The summed E-state index contributed by atoms with van der Waals surface area (Å²) in [4.78, 5) is 14.9. The number of amides is 1. The van der Waals surface area contributed by atoms with Crippen molar-refractivity contribution in [3.05, 3.63) is 41.2 Å². The quantitative estimate of drug-likeness (QED) is 0.778. The van der Waals surface area contributed by atoms with Crippen LogP contribution in [0.25, 0.3) is 0 Å². The van der Waals surface area contributed by atoms with Crippen LogP contribution >= 0.6 is 0 Å². The molecule has 1 aliphatic carbocycles. The maximum Gasteiger partial charge on any atom is 0.243 e. The number of carbonyl (C=O) groups is 1. The molecule has 1 aliphatic heterocycles. The fourth-order valence-corrected chi connectivity index (χ4v) is 5.65. The van der Waals surface area contributed by atoms with Gasteiger partial charge in [0, 0.05) is 32.2 Å². The number of carbonyl (C=O) groups excluding carboxylic acids is 1. The van der Waals surface area contributed by atoms with Gasteiger partial charge in [-0.1, -0.05) is 11.2 Å². The van der Waals surface area contributed by atoms with Gasteiger partial charge in [-0.05, 0) is 62.8 Å². The number of nitrogens with zero attached hydrogens (tertiary/aromatic N) is 3. The topological polar surface area (TPSA) is 95.8 Å². The first-order valence-electron chi connectivity index (χ1n) is 10.4. The molecule has 1 fully saturated rings. The Morgan fingerprint density at radius 1 is 1.10 bits per heavy atom. The van der Waals surface area contributed by atoms with Crippen molar-refractivity contribution >= 4 is 21.7 Å². The monoisotopic (exact) mass is 432 g/mol. The highest BCUT2D eigenvalue weighted by Gasteiger charge is 2.32. The van der Waals surface area contributed by atoms with Gasteiger partial charge >= 0.3 is 0 Å². The zero-order valence-corrected chi connectivity index (χ0v) is 18.2. The average molecular weight is 433 g/mol. The van der Waals surface area contributed by atoms with Crippen LogP contribution in [0.2, 0.25) is 0 Å². The number of hydrogen-bond acceptors (Lipinski definition) is 6. The lowest BCUT2D eigenvalue weighted by atomic mass is 9.92. The summed E-state index contributed by atoms with van der Waals surface area (Å²) < 4.78 is 32.8. The van der Waals surface area contributed by atoms with E-state index in [0.29, 0.717) is 42.7 Å². The minimum Gasteiger partial charge on any atom is -0.360 e. The van der Waals surface area contributed by atoms with E-state index in [1.165, 1.54) is 16.3 Å². The highest BCUT2D eigenvalue weighted by atomic mass is 32.2. The summed E-state index contributed by atoms with van der Waals surface area (Å²) in [6.45, 7) is 5.29. The molecule has 1 amide bonds. The zero-order chi connectivity index (χ0) is 21.3. The number of aryl methyl sites for hydroxylation is 3. The third kappa shape index (κ3) is 4.28. The number of piperazine rings is 1. The summed E-state index contributed by atoms with van der Waals surface area (Å²) >= 11 is 0. The van der Waals surface area contributed by atoms with Crippen molar-refractivity contribution in [1.82, 2.24) is 14.4 Å². The lowest BCUT2D eigenvalue weighted by molar-refractivity contribution is -0.121. The van der Waals surface area contributed by atoms with Crippen LogP contribution in [0.15, 0.2) is 33.7 Å². The van der Waals surface area contributed by atoms with Crippen LogP contribution < -0.4 is 5.32 Å². The fraction of sp³-hybridized carbons (Fsp3) is 0.524. The van der Waals surface area contributed by atoms with Crippen molar-refractivity contribution < 1.29 is 17.7 Å². The second-order valence-electron chi connectivity index (χ2n) is 8.07. The molecule has 9 heteroatoms. The third-order valence-corrected chi connectivity index (χ3v) is 7.93. The molecule has 1 N–H and O–H groups in total. The Kier molecular flexibility index (Phi) is 5.95. The smallest absolute Gasteiger partial charge is 0.243 e. The maximum atomic E-state index is 13.1. The lowest BCUT2D eigenvalue weighted by Gasteiger charge is -2.36. The van der Waals surface area contributed by atoms with Gasteiger partial charge in [-0.15, -0.1) is 0 Å². The number of anilines is 1. The number of fused-ring (bicyclic) bond motifs is 1. The normalized spacial score (nSPS) is 19.3. The molecule has 0 bridgehead atoms. The summed E-state index contributed by atoms with van der Waals surface area (Å²) in [6.07, 6.45) is 4.26. The van der Waals surface area contributed by atoms with Crippen molar-refractivity contribution in [2.75, 3.05) is 31.5 Å². The SMILES string of the molecule is Cc1cc(NC(=O)C(C)N2CCN(S(=O)(=O)c3ccc4c(c3)CCCC4)CC2)no1. The molecular formula is C21H28N4O4S. The standard InChI is InChI=1S/C21H28N4O4S/c1-15-13-20(23-29-15)22-21(26)16(2)24-9-11-25(12-10-24)30(27,28)19-8-7-17-5-3-4-6-18(17)14-19/h7-8,13-14,16H,3-6,9-12H2,1-2H3,(H,22,23,26). The largest absolute Gasteiger partial charge is 0.360 e. The van der Waals surface area contributed by atoms with Gasteiger partial charge in [0.25, 0.3) is 0 Å². The van der Waals surface area contributed by atoms with Crippen LogP contribution in [0, 0.1) is 6.92 Å². The molecule has 0 radical (unpaired) electrons. The summed E-state index contributed by atoms with van der Waals surface area (Å²) in [6, 6.07) is 6.83. The van der Waals surface area contributed by atoms with Crippen LogP contribution in [0.4, 0.5) is 5.82 Å². The molecular weight excluding hydrogens is 404 g/mol. The number of sulfonamides is 1. The Bertz CT molecular complexity index is 1030. The summed E-state index contributed by atoms with van der Waals surface area (Å²) in [5, 5.41) is 6.52. The van der Waals surface area contributed by atoms with E-state index in [1.54, 1.807) is 19.1 Å². The Morgan fingerprint density at radius 3 is 2.47 bits per heavy atom. The molecule has 1 unspecified atom stereocenters. The summed E-state index contributed by atoms with van der Waals surface area (Å²) in [5.41, 5.74) is 2.43. The zero-order valence-electron chi connectivity index (χ0n) is 17.4. The summed E-state index contributed by atoms with van der Waals surface area (Å²) in [7, 11) is -3.53. The van der Waals surface area contributed by atoms with E-state index in [4.69, 9.17) is 4.52 Å². The maximum absolute atomic E-state index is 13.1. The minimum absolute atomic E-state index is 0.186. The molecule has 2 heterocycles. The second kappa shape index (κ2) is 8.49. The molecule has 1 saturated heterocycles. The van der Waals surface area contributed by atoms with E-state index in [9.17, 15) is 13.2 Å². The molecule has 4 rings (SSSR count). The second-order valence-corrected chi connectivity index (χ2v) is 10.0. The van der Waals surface area contributed by atoms with Gasteiger partial charge in [0.05, 0.1) is 10.9 Å². The van der Waals surface area contributed by atoms with Crippen molar-refractivity contribution in [2.24, 2.45) is 0 Å². The highest BCUT2D eigenvalue weighted by molar-refractivity contribution is 7.89. The van der Waals surface area contributed by atoms with Gasteiger partial charge in [0.15, 0.2) is 5.82 Å². The Hall–Kier alpha value is -2.23. The third-order valence-electron chi connectivity index (χ3n) is 6.04. The van der Waals surface area contributed by atoms with E-state index in [0.717, 1.165) is 24.8 Å². The molecule has 162 valence electrons. The molecule has 2 aromatic rings. The predicted molar refractivity (Wildman–Crippen MR) is 113 cm³/mol. The van der Waals surface area contributed by atoms with Crippen molar-refractivity contribution in [3.63, 3.8) is 0 Å². The van der Waals surface area contributed by atoms with Gasteiger partial charge in [0.2, 0.25) is 15.9 Å². The molecule has 2 aliphatic rings. The molecule has 0 saturated carbocycles. The Morgan fingerprint density at radius 2 is 1.80 bits per heavy atom. The van der Waals surface area contributed by atoms with Gasteiger partial charge in [-0.3, -0.25) is 9.69 Å². The molecule has 30 heavy (non-hydrogen) atoms. The minimum atomic E-state index is -3.53. The van der Waals surface area contributed by atoms with E-state index < -0.39 is 16.1 Å². The number of rotatable bonds is 5. The number of hydrogen-bond donors (Lipinski definition) is 1. The Balaban J connectivity index is 1.38. The van der Waals surface area contributed by atoms with Gasteiger partial charge in [0.1, 0.15) is 5.76 Å². The predicted octanol–water partition coefficient (Wildman–Crippen LogP) is 2.20. The number of aromatic nitrogens is 1. The molecule has 1 aromatic carbocycles. The Labute approximate surface area is 177 Å². The van der Waals surface area contributed by atoms with Gasteiger partial charge in [-0.2, -0.15) is 4.31 Å². The van der Waals surface area contributed by atoms with E-state index >= 15 is 0 Å². The van der Waals surface area contributed by atoms with Crippen molar-refractivity contribution in [1.29, 1.82) is 0 Å². The number of benzene rings is 1. The first-order chi connectivity index (χ1) is 14.3. The first kappa shape index (κ1) is 21.0. The average Bonchev–Trinajstić information content (AvgIpc) is 3.17. The first-order valence-corrected chi connectivity index (χ1v) is 11.9. The van der Waals surface area contributed by atoms with Crippen LogP contribution in [-0.4, -0.2) is 60.9 Å². The highest BCUT2D eigenvalue weighted by Crippen LogP contribution is 2.26. The van der Waals surface area contributed by atoms with Crippen LogP contribution in [0.5, 0.6) is 0 Å². The molecule has 1 atom stereocenters. The van der Waals surface area contributed by atoms with E-state index in [2.05, 4.69) is 10.5 Å². The van der Waals surface area contributed by atoms with Crippen molar-refractivity contribution in [2.45, 2.75) is 50.5 Å². The van der Waals surface area contributed by atoms with E-state index in [1.807, 2.05) is 24.0 Å². The van der Waals surface area contributed by atoms with Crippen LogP contribution in [-0.2, 0) is 27.7 Å². The molecule has 8 nitrogen and oxygen atoms in total. The lowest BCUT2D eigenvalue weighted by Crippen LogP contribution is -2.53. The van der Waals surface area contributed by atoms with Gasteiger partial charge in [-0.25, -0.2) is 8.42 Å². The number of nitrogens with one attached hydrogen (secondary N) is 1. The van der Waals surface area contributed by atoms with E-state index in [-0.39, 0.29) is 5.91 Å². The van der Waals surface area contributed by atoms with Crippen LogP contribution in [0.3, 0.4) is 0 Å². The van der Waals surface area contributed by atoms with Gasteiger partial charge < -0.3 is 9.84 Å². The molecule has 0 spiro atoms.